The van der Waals surface area contributed by atoms with Crippen molar-refractivity contribution >= 4 is 29.3 Å². The summed E-state index contributed by atoms with van der Waals surface area (Å²) in [4.78, 5) is 15.0. The molecule has 0 spiro atoms. The predicted molar refractivity (Wildman–Crippen MR) is 131 cm³/mol. The van der Waals surface area contributed by atoms with Crippen molar-refractivity contribution in [3.63, 3.8) is 0 Å². The first-order valence-electron chi connectivity index (χ1n) is 11.0. The number of ether oxygens (including phenoxy) is 4. The van der Waals surface area contributed by atoms with Crippen LogP contribution in [0.5, 0.6) is 17.2 Å². The first kappa shape index (κ1) is 25.4. The van der Waals surface area contributed by atoms with Crippen LogP contribution in [0.3, 0.4) is 0 Å². The number of methoxy groups -OCH3 is 1. The standard InChI is InChI=1S/C25H28ClN3O5/c1-3-33-24-15-18(4-6-23(24)34-13-10-29-8-11-32-12-9-29)14-19(17-27)25(30)28-21-16-20(26)5-7-22(21)31-2/h4-7,14-16H,3,8-13H2,1-2H3,(H,28,30)/b19-14+. The van der Waals surface area contributed by atoms with Crippen molar-refractivity contribution in [1.29, 1.82) is 5.26 Å². The SMILES string of the molecule is CCOc1cc(/C=C(\C#N)C(=O)Nc2cc(Cl)ccc2OC)ccc1OCCN1CCOCC1. The molecule has 1 aliphatic heterocycles. The van der Waals surface area contributed by atoms with E-state index >= 15 is 0 Å². The fourth-order valence-electron chi connectivity index (χ4n) is 3.39. The number of halogens is 1. The molecular formula is C25H28ClN3O5. The highest BCUT2D eigenvalue weighted by atomic mass is 35.5. The molecular weight excluding hydrogens is 458 g/mol. The number of nitrogens with zero attached hydrogens (tertiary/aromatic N) is 2. The van der Waals surface area contributed by atoms with Gasteiger partial charge in [0.1, 0.15) is 24.0 Å². The fourth-order valence-corrected chi connectivity index (χ4v) is 3.57. The van der Waals surface area contributed by atoms with Crippen LogP contribution >= 0.6 is 11.6 Å². The number of rotatable bonds is 10. The van der Waals surface area contributed by atoms with Crippen LogP contribution in [-0.4, -0.2) is 64.0 Å². The predicted octanol–water partition coefficient (Wildman–Crippen LogP) is 4.00. The van der Waals surface area contributed by atoms with Gasteiger partial charge in [-0.25, -0.2) is 0 Å². The van der Waals surface area contributed by atoms with Gasteiger partial charge in [0, 0.05) is 24.7 Å². The summed E-state index contributed by atoms with van der Waals surface area (Å²) >= 11 is 6.02. The Labute approximate surface area is 204 Å². The normalized spacial score (nSPS) is 14.2. The summed E-state index contributed by atoms with van der Waals surface area (Å²) in [6.45, 7) is 6.91. The second-order valence-electron chi connectivity index (χ2n) is 7.41. The molecule has 0 unspecified atom stereocenters. The number of anilines is 1. The second-order valence-corrected chi connectivity index (χ2v) is 7.85. The Bertz CT molecular complexity index is 1060. The zero-order valence-electron chi connectivity index (χ0n) is 19.3. The number of hydrogen-bond donors (Lipinski definition) is 1. The van der Waals surface area contributed by atoms with Crippen molar-refractivity contribution in [1.82, 2.24) is 4.90 Å². The third kappa shape index (κ3) is 7.12. The molecule has 1 fully saturated rings. The van der Waals surface area contributed by atoms with Gasteiger partial charge >= 0.3 is 0 Å². The van der Waals surface area contributed by atoms with Gasteiger partial charge in [0.25, 0.3) is 5.91 Å². The first-order valence-corrected chi connectivity index (χ1v) is 11.4. The molecule has 0 atom stereocenters. The second kappa shape index (κ2) is 12.8. The van der Waals surface area contributed by atoms with Crippen molar-refractivity contribution in [2.75, 3.05) is 58.5 Å². The van der Waals surface area contributed by atoms with Crippen molar-refractivity contribution in [2.45, 2.75) is 6.92 Å². The highest BCUT2D eigenvalue weighted by Gasteiger charge is 2.15. The van der Waals surface area contributed by atoms with E-state index in [9.17, 15) is 10.1 Å². The van der Waals surface area contributed by atoms with E-state index in [-0.39, 0.29) is 5.57 Å². The monoisotopic (exact) mass is 485 g/mol. The molecule has 9 heteroatoms. The first-order chi connectivity index (χ1) is 16.5. The molecule has 1 N–H and O–H groups in total. The van der Waals surface area contributed by atoms with Crippen molar-refractivity contribution in [3.05, 3.63) is 52.6 Å². The smallest absolute Gasteiger partial charge is 0.266 e. The van der Waals surface area contributed by atoms with Gasteiger partial charge in [-0.2, -0.15) is 5.26 Å². The summed E-state index contributed by atoms with van der Waals surface area (Å²) in [5.41, 5.74) is 0.930. The molecule has 2 aromatic carbocycles. The molecule has 8 nitrogen and oxygen atoms in total. The van der Waals surface area contributed by atoms with Crippen LogP contribution < -0.4 is 19.5 Å². The van der Waals surface area contributed by atoms with Crippen LogP contribution in [0.2, 0.25) is 5.02 Å². The largest absolute Gasteiger partial charge is 0.495 e. The molecule has 1 heterocycles. The molecule has 2 aromatic rings. The average molecular weight is 486 g/mol. The van der Waals surface area contributed by atoms with Crippen LogP contribution in [0.4, 0.5) is 5.69 Å². The Balaban J connectivity index is 1.72. The summed E-state index contributed by atoms with van der Waals surface area (Å²) < 4.78 is 22.3. The minimum absolute atomic E-state index is 0.0783. The third-order valence-corrected chi connectivity index (χ3v) is 5.36. The molecule has 0 saturated carbocycles. The Hall–Kier alpha value is -3.25. The summed E-state index contributed by atoms with van der Waals surface area (Å²) in [5.74, 6) is 1.02. The lowest BCUT2D eigenvalue weighted by atomic mass is 10.1. The van der Waals surface area contributed by atoms with E-state index in [2.05, 4.69) is 10.2 Å². The van der Waals surface area contributed by atoms with Gasteiger partial charge in [-0.1, -0.05) is 17.7 Å². The molecule has 3 rings (SSSR count). The summed E-state index contributed by atoms with van der Waals surface area (Å²) in [6.07, 6.45) is 1.49. The quantitative estimate of drug-likeness (QED) is 0.401. The minimum Gasteiger partial charge on any atom is -0.495 e. The maximum absolute atomic E-state index is 12.7. The molecule has 0 aromatic heterocycles. The topological polar surface area (TPSA) is 93.0 Å². The Morgan fingerprint density at radius 3 is 2.65 bits per heavy atom. The Morgan fingerprint density at radius 2 is 1.94 bits per heavy atom. The number of nitrogens with one attached hydrogen (secondary N) is 1. The number of amides is 1. The fraction of sp³-hybridized carbons (Fsp3) is 0.360. The lowest BCUT2D eigenvalue weighted by Crippen LogP contribution is -2.38. The van der Waals surface area contributed by atoms with Crippen molar-refractivity contribution in [3.8, 4) is 23.3 Å². The van der Waals surface area contributed by atoms with Gasteiger partial charge < -0.3 is 24.3 Å². The molecule has 34 heavy (non-hydrogen) atoms. The number of carbonyl (C=O) groups excluding carboxylic acids is 1. The molecule has 1 amide bonds. The van der Waals surface area contributed by atoms with E-state index in [1.54, 1.807) is 36.4 Å². The summed E-state index contributed by atoms with van der Waals surface area (Å²) in [7, 11) is 1.49. The van der Waals surface area contributed by atoms with Gasteiger partial charge in [-0.05, 0) is 48.9 Å². The van der Waals surface area contributed by atoms with Crippen molar-refractivity contribution in [2.24, 2.45) is 0 Å². The summed E-state index contributed by atoms with van der Waals surface area (Å²) in [5, 5.41) is 12.7. The van der Waals surface area contributed by atoms with Crippen LogP contribution in [0.15, 0.2) is 42.0 Å². The molecule has 0 aliphatic carbocycles. The highest BCUT2D eigenvalue weighted by Crippen LogP contribution is 2.30. The van der Waals surface area contributed by atoms with Gasteiger partial charge in [0.05, 0.1) is 32.6 Å². The van der Waals surface area contributed by atoms with Crippen LogP contribution in [0.25, 0.3) is 6.08 Å². The zero-order chi connectivity index (χ0) is 24.3. The lowest BCUT2D eigenvalue weighted by molar-refractivity contribution is -0.112. The van der Waals surface area contributed by atoms with E-state index in [0.717, 1.165) is 32.8 Å². The van der Waals surface area contributed by atoms with Gasteiger partial charge in [-0.3, -0.25) is 9.69 Å². The number of nitriles is 1. The number of hydrogen-bond acceptors (Lipinski definition) is 7. The molecule has 0 bridgehead atoms. The average Bonchev–Trinajstić information content (AvgIpc) is 2.84. The molecule has 0 radical (unpaired) electrons. The van der Waals surface area contributed by atoms with E-state index in [1.807, 2.05) is 13.0 Å². The minimum atomic E-state index is -0.577. The zero-order valence-corrected chi connectivity index (χ0v) is 20.1. The van der Waals surface area contributed by atoms with E-state index in [1.165, 1.54) is 13.2 Å². The van der Waals surface area contributed by atoms with Crippen LogP contribution in [0, 0.1) is 11.3 Å². The van der Waals surface area contributed by atoms with E-state index in [0.29, 0.717) is 46.7 Å². The maximum atomic E-state index is 12.7. The van der Waals surface area contributed by atoms with Gasteiger partial charge in [0.2, 0.25) is 0 Å². The maximum Gasteiger partial charge on any atom is 0.266 e. The van der Waals surface area contributed by atoms with Crippen molar-refractivity contribution < 1.29 is 23.7 Å². The Kier molecular flexibility index (Phi) is 9.59. The number of benzene rings is 2. The Morgan fingerprint density at radius 1 is 1.18 bits per heavy atom. The number of carbonyl (C=O) groups is 1. The molecule has 1 saturated heterocycles. The van der Waals surface area contributed by atoms with Gasteiger partial charge in [-0.15, -0.1) is 0 Å². The molecule has 1 aliphatic rings. The van der Waals surface area contributed by atoms with E-state index in [4.69, 9.17) is 30.5 Å². The van der Waals surface area contributed by atoms with Crippen LogP contribution in [0.1, 0.15) is 12.5 Å². The van der Waals surface area contributed by atoms with Gasteiger partial charge in [0.15, 0.2) is 11.5 Å². The van der Waals surface area contributed by atoms with Crippen LogP contribution in [-0.2, 0) is 9.53 Å². The summed E-state index contributed by atoms with van der Waals surface area (Å²) in [6, 6.07) is 12.1. The molecule has 180 valence electrons. The lowest BCUT2D eigenvalue weighted by Gasteiger charge is -2.26. The van der Waals surface area contributed by atoms with E-state index < -0.39 is 5.91 Å². The third-order valence-electron chi connectivity index (χ3n) is 5.12. The number of morpholine rings is 1. The highest BCUT2D eigenvalue weighted by molar-refractivity contribution is 6.31.